The van der Waals surface area contributed by atoms with Crippen molar-refractivity contribution in [3.63, 3.8) is 0 Å². The van der Waals surface area contributed by atoms with Crippen molar-refractivity contribution in [3.05, 3.63) is 18.0 Å². The third-order valence-corrected chi connectivity index (χ3v) is 8.45. The van der Waals surface area contributed by atoms with Crippen LogP contribution in [0.3, 0.4) is 0 Å². The summed E-state index contributed by atoms with van der Waals surface area (Å²) in [6.45, 7) is 2.86. The van der Waals surface area contributed by atoms with Crippen molar-refractivity contribution < 1.29 is 17.9 Å². The van der Waals surface area contributed by atoms with Crippen molar-refractivity contribution in [3.8, 4) is 0 Å². The zero-order valence-corrected chi connectivity index (χ0v) is 16.3. The Labute approximate surface area is 159 Å². The van der Waals surface area contributed by atoms with E-state index in [4.69, 9.17) is 4.74 Å². The van der Waals surface area contributed by atoms with Crippen LogP contribution in [0.25, 0.3) is 0 Å². The fraction of sp³-hybridized carbons (Fsp3) is 0.778. The molecule has 4 rings (SSSR count). The van der Waals surface area contributed by atoms with Gasteiger partial charge in [0.15, 0.2) is 9.84 Å². The number of amides is 1. The Bertz CT molecular complexity index is 745. The van der Waals surface area contributed by atoms with Gasteiger partial charge in [0, 0.05) is 56.9 Å². The van der Waals surface area contributed by atoms with Crippen molar-refractivity contribution in [1.29, 1.82) is 0 Å². The van der Waals surface area contributed by atoms with Gasteiger partial charge in [0.05, 0.1) is 17.2 Å². The lowest BCUT2D eigenvalue weighted by atomic mass is 10.00. The smallest absolute Gasteiger partial charge is 0.220 e. The van der Waals surface area contributed by atoms with Gasteiger partial charge in [-0.1, -0.05) is 0 Å². The third kappa shape index (κ3) is 4.20. The van der Waals surface area contributed by atoms with E-state index in [1.54, 1.807) is 6.20 Å². The van der Waals surface area contributed by atoms with Gasteiger partial charge < -0.3 is 10.1 Å². The standard InChI is InChI=1S/C18H28N4O4S/c23-18(3-1-2-13-8-19-20-9-13)21-16-12-27(24,25)17-11-22(10-15(16)17)14-4-6-26-7-5-14/h8-9,14-17H,1-7,10-12H2,(H,19,20)(H,21,23)/t15-,16+,17-/m0/s1. The maximum atomic E-state index is 12.6. The molecular weight excluding hydrogens is 368 g/mol. The number of nitrogens with zero attached hydrogens (tertiary/aromatic N) is 2. The van der Waals surface area contributed by atoms with Crippen LogP contribution in [0.4, 0.5) is 0 Å². The van der Waals surface area contributed by atoms with E-state index in [1.807, 2.05) is 6.20 Å². The van der Waals surface area contributed by atoms with E-state index in [2.05, 4.69) is 20.4 Å². The van der Waals surface area contributed by atoms with Crippen LogP contribution in [0.1, 0.15) is 31.2 Å². The summed E-state index contributed by atoms with van der Waals surface area (Å²) in [4.78, 5) is 14.7. The highest BCUT2D eigenvalue weighted by molar-refractivity contribution is 7.92. The third-order valence-electron chi connectivity index (χ3n) is 6.21. The molecule has 0 radical (unpaired) electrons. The zero-order valence-electron chi connectivity index (χ0n) is 15.5. The predicted molar refractivity (Wildman–Crippen MR) is 99.9 cm³/mol. The number of carbonyl (C=O) groups excluding carboxylic acids is 1. The van der Waals surface area contributed by atoms with Crippen molar-refractivity contribution in [2.24, 2.45) is 5.92 Å². The molecule has 0 aliphatic carbocycles. The fourth-order valence-electron chi connectivity index (χ4n) is 4.74. The molecule has 0 bridgehead atoms. The summed E-state index contributed by atoms with van der Waals surface area (Å²) in [7, 11) is -3.15. The maximum absolute atomic E-state index is 12.6. The normalized spacial score (nSPS) is 31.0. The van der Waals surface area contributed by atoms with Crippen molar-refractivity contribution >= 4 is 15.7 Å². The highest BCUT2D eigenvalue weighted by atomic mass is 32.2. The molecule has 3 saturated heterocycles. The largest absolute Gasteiger partial charge is 0.381 e. The number of aromatic nitrogens is 2. The molecule has 0 unspecified atom stereocenters. The molecule has 3 aliphatic rings. The molecule has 0 aromatic carbocycles. The SMILES string of the molecule is O=C(CCCc1cn[nH]c1)N[C@@H]1CS(=O)(=O)[C@H]2CN(C3CCOCC3)C[C@@H]12. The molecule has 3 atom stereocenters. The summed E-state index contributed by atoms with van der Waals surface area (Å²) >= 11 is 0. The van der Waals surface area contributed by atoms with E-state index >= 15 is 0 Å². The Morgan fingerprint density at radius 2 is 2.15 bits per heavy atom. The Kier molecular flexibility index (Phi) is 5.52. The number of aryl methyl sites for hydroxylation is 1. The Balaban J connectivity index is 1.32. The summed E-state index contributed by atoms with van der Waals surface area (Å²) < 4.78 is 30.7. The summed E-state index contributed by atoms with van der Waals surface area (Å²) in [5.74, 6) is 0.0387. The van der Waals surface area contributed by atoms with Crippen molar-refractivity contribution in [1.82, 2.24) is 20.4 Å². The number of fused-ring (bicyclic) bond motifs is 1. The second-order valence-corrected chi connectivity index (χ2v) is 10.2. The van der Waals surface area contributed by atoms with E-state index in [1.165, 1.54) is 0 Å². The van der Waals surface area contributed by atoms with E-state index < -0.39 is 9.84 Å². The molecule has 1 aromatic heterocycles. The van der Waals surface area contributed by atoms with E-state index in [0.717, 1.165) is 51.0 Å². The molecule has 9 heteroatoms. The van der Waals surface area contributed by atoms with E-state index in [-0.39, 0.29) is 28.9 Å². The van der Waals surface area contributed by atoms with Crippen molar-refractivity contribution in [2.45, 2.75) is 49.4 Å². The maximum Gasteiger partial charge on any atom is 0.220 e. The number of nitrogens with one attached hydrogen (secondary N) is 2. The minimum atomic E-state index is -3.15. The van der Waals surface area contributed by atoms with E-state index in [9.17, 15) is 13.2 Å². The topological polar surface area (TPSA) is 104 Å². The van der Waals surface area contributed by atoms with Crippen LogP contribution >= 0.6 is 0 Å². The lowest BCUT2D eigenvalue weighted by Gasteiger charge is -2.32. The molecule has 150 valence electrons. The molecule has 4 heterocycles. The number of sulfone groups is 1. The first-order valence-corrected chi connectivity index (χ1v) is 11.5. The average Bonchev–Trinajstić information content (AvgIpc) is 3.35. The molecular formula is C18H28N4O4S. The van der Waals surface area contributed by atoms with Crippen LogP contribution in [-0.4, -0.2) is 78.8 Å². The molecule has 1 aromatic rings. The molecule has 0 spiro atoms. The van der Waals surface area contributed by atoms with Crippen LogP contribution in [0.15, 0.2) is 12.4 Å². The van der Waals surface area contributed by atoms with Crippen LogP contribution in [0, 0.1) is 5.92 Å². The van der Waals surface area contributed by atoms with Gasteiger partial charge in [-0.25, -0.2) is 8.42 Å². The minimum absolute atomic E-state index is 0.00988. The minimum Gasteiger partial charge on any atom is -0.381 e. The quantitative estimate of drug-likeness (QED) is 0.708. The lowest BCUT2D eigenvalue weighted by molar-refractivity contribution is -0.122. The molecule has 0 saturated carbocycles. The number of hydrogen-bond donors (Lipinski definition) is 2. The first-order chi connectivity index (χ1) is 13.0. The van der Waals surface area contributed by atoms with Crippen LogP contribution in [0.5, 0.6) is 0 Å². The second-order valence-electron chi connectivity index (χ2n) is 7.96. The van der Waals surface area contributed by atoms with Gasteiger partial charge in [-0.15, -0.1) is 0 Å². The number of aromatic amines is 1. The molecule has 1 amide bonds. The number of carbonyl (C=O) groups is 1. The lowest BCUT2D eigenvalue weighted by Crippen LogP contribution is -2.44. The van der Waals surface area contributed by atoms with Gasteiger partial charge in [0.1, 0.15) is 0 Å². The molecule has 3 fully saturated rings. The molecule has 8 nitrogen and oxygen atoms in total. The molecule has 2 N–H and O–H groups in total. The number of H-pyrrole nitrogens is 1. The van der Waals surface area contributed by atoms with Crippen LogP contribution in [-0.2, 0) is 25.8 Å². The summed E-state index contributed by atoms with van der Waals surface area (Å²) in [5, 5.41) is 9.34. The van der Waals surface area contributed by atoms with Gasteiger partial charge in [-0.3, -0.25) is 14.8 Å². The van der Waals surface area contributed by atoms with Gasteiger partial charge in [0.2, 0.25) is 5.91 Å². The first kappa shape index (κ1) is 18.9. The summed E-state index contributed by atoms with van der Waals surface area (Å²) in [6.07, 6.45) is 7.44. The summed E-state index contributed by atoms with van der Waals surface area (Å²) in [6, 6.07) is 0.150. The highest BCUT2D eigenvalue weighted by Crippen LogP contribution is 2.36. The van der Waals surface area contributed by atoms with Crippen LogP contribution < -0.4 is 5.32 Å². The van der Waals surface area contributed by atoms with Gasteiger partial charge in [0.25, 0.3) is 0 Å². The second kappa shape index (κ2) is 7.89. The van der Waals surface area contributed by atoms with Crippen LogP contribution in [0.2, 0.25) is 0 Å². The van der Waals surface area contributed by atoms with E-state index in [0.29, 0.717) is 19.0 Å². The molecule has 27 heavy (non-hydrogen) atoms. The average molecular weight is 397 g/mol. The predicted octanol–water partition coefficient (Wildman–Crippen LogP) is 0.125. The number of ether oxygens (including phenoxy) is 1. The Morgan fingerprint density at radius 1 is 1.33 bits per heavy atom. The fourth-order valence-corrected chi connectivity index (χ4v) is 7.04. The Hall–Kier alpha value is -1.45. The summed E-state index contributed by atoms with van der Waals surface area (Å²) in [5.41, 5.74) is 1.08. The van der Waals surface area contributed by atoms with Crippen molar-refractivity contribution in [2.75, 3.05) is 32.1 Å². The number of likely N-dealkylation sites (tertiary alicyclic amines) is 1. The van der Waals surface area contributed by atoms with Gasteiger partial charge in [-0.05, 0) is 31.2 Å². The number of hydrogen-bond acceptors (Lipinski definition) is 6. The number of rotatable bonds is 6. The zero-order chi connectivity index (χ0) is 18.9. The Morgan fingerprint density at radius 3 is 2.89 bits per heavy atom. The monoisotopic (exact) mass is 396 g/mol. The highest BCUT2D eigenvalue weighted by Gasteiger charge is 2.53. The molecule has 3 aliphatic heterocycles. The van der Waals surface area contributed by atoms with Gasteiger partial charge in [-0.2, -0.15) is 5.10 Å². The van der Waals surface area contributed by atoms with Gasteiger partial charge >= 0.3 is 0 Å². The first-order valence-electron chi connectivity index (χ1n) is 9.83.